The van der Waals surface area contributed by atoms with Gasteiger partial charge in [0.2, 0.25) is 0 Å². The van der Waals surface area contributed by atoms with E-state index in [1.807, 2.05) is 11.8 Å². The molecule has 5 heteroatoms. The molecule has 1 unspecified atom stereocenters. The van der Waals surface area contributed by atoms with Gasteiger partial charge in [-0.25, -0.2) is 0 Å². The first kappa shape index (κ1) is 14.7. The maximum atomic E-state index is 12.6. The largest absolute Gasteiger partial charge is 0.497 e. The van der Waals surface area contributed by atoms with Crippen molar-refractivity contribution in [1.82, 2.24) is 4.90 Å². The summed E-state index contributed by atoms with van der Waals surface area (Å²) in [6.07, 6.45) is 1.01. The third-order valence-electron chi connectivity index (χ3n) is 3.66. The van der Waals surface area contributed by atoms with Gasteiger partial charge in [-0.05, 0) is 31.5 Å². The minimum atomic E-state index is -0.0456. The molecule has 1 aromatic carbocycles. The van der Waals surface area contributed by atoms with Crippen LogP contribution in [0.25, 0.3) is 0 Å². The van der Waals surface area contributed by atoms with Crippen LogP contribution < -0.4 is 10.5 Å². The second kappa shape index (κ2) is 6.61. The highest BCUT2D eigenvalue weighted by atomic mass is 16.5. The second-order valence-corrected chi connectivity index (χ2v) is 5.03. The molecule has 0 radical (unpaired) electrons. The van der Waals surface area contributed by atoms with Crippen LogP contribution in [0.2, 0.25) is 0 Å². The molecule has 1 saturated heterocycles. The number of nitrogens with zero attached hydrogens (tertiary/aromatic N) is 1. The Labute approximate surface area is 119 Å². The van der Waals surface area contributed by atoms with E-state index in [4.69, 9.17) is 15.2 Å². The molecule has 1 atom stereocenters. The molecule has 2 N–H and O–H groups in total. The van der Waals surface area contributed by atoms with E-state index in [0.717, 1.165) is 19.6 Å². The Hall–Kier alpha value is -1.75. The molecule has 110 valence electrons. The van der Waals surface area contributed by atoms with Crippen LogP contribution in [-0.4, -0.2) is 44.2 Å². The van der Waals surface area contributed by atoms with Crippen molar-refractivity contribution >= 4 is 11.6 Å². The molecular formula is C15H22N2O3. The van der Waals surface area contributed by atoms with Crippen LogP contribution in [0.1, 0.15) is 23.7 Å². The molecule has 2 rings (SSSR count). The van der Waals surface area contributed by atoms with Gasteiger partial charge in [0.25, 0.3) is 5.91 Å². The van der Waals surface area contributed by atoms with Crippen molar-refractivity contribution in [2.75, 3.05) is 39.1 Å². The fourth-order valence-corrected chi connectivity index (χ4v) is 2.41. The van der Waals surface area contributed by atoms with Crippen molar-refractivity contribution in [1.29, 1.82) is 0 Å². The van der Waals surface area contributed by atoms with Gasteiger partial charge in [-0.1, -0.05) is 0 Å². The van der Waals surface area contributed by atoms with Crippen LogP contribution in [0.3, 0.4) is 0 Å². The molecule has 1 amide bonds. The first-order chi connectivity index (χ1) is 9.65. The Morgan fingerprint density at radius 2 is 2.35 bits per heavy atom. The van der Waals surface area contributed by atoms with E-state index in [1.54, 1.807) is 25.3 Å². The lowest BCUT2D eigenvalue weighted by molar-refractivity contribution is 0.0731. The molecule has 20 heavy (non-hydrogen) atoms. The van der Waals surface area contributed by atoms with Crippen LogP contribution in [0.15, 0.2) is 18.2 Å². The van der Waals surface area contributed by atoms with Crippen LogP contribution >= 0.6 is 0 Å². The van der Waals surface area contributed by atoms with Crippen LogP contribution in [-0.2, 0) is 4.74 Å². The Morgan fingerprint density at radius 3 is 2.95 bits per heavy atom. The maximum absolute atomic E-state index is 12.6. The number of carbonyl (C=O) groups is 1. The molecule has 0 aliphatic carbocycles. The second-order valence-electron chi connectivity index (χ2n) is 5.03. The lowest BCUT2D eigenvalue weighted by Crippen LogP contribution is -2.35. The zero-order chi connectivity index (χ0) is 14.5. The average Bonchev–Trinajstić information content (AvgIpc) is 2.97. The van der Waals surface area contributed by atoms with E-state index >= 15 is 0 Å². The van der Waals surface area contributed by atoms with Gasteiger partial charge in [0.1, 0.15) is 5.75 Å². The molecule has 0 saturated carbocycles. The highest BCUT2D eigenvalue weighted by Crippen LogP contribution is 2.22. The quantitative estimate of drug-likeness (QED) is 0.834. The standard InChI is InChI=1S/C15H22N2O3/c1-3-17(9-11-6-7-20-10-11)15(18)13-8-12(19-2)4-5-14(13)16/h4-5,8,11H,3,6-7,9-10,16H2,1-2H3. The minimum absolute atomic E-state index is 0.0456. The number of hydrogen-bond donors (Lipinski definition) is 1. The Bertz CT molecular complexity index is 470. The fourth-order valence-electron chi connectivity index (χ4n) is 2.41. The number of anilines is 1. The van der Waals surface area contributed by atoms with Gasteiger partial charge in [-0.3, -0.25) is 4.79 Å². The van der Waals surface area contributed by atoms with Gasteiger partial charge >= 0.3 is 0 Å². The van der Waals surface area contributed by atoms with Crippen molar-refractivity contribution in [2.24, 2.45) is 5.92 Å². The molecule has 1 aromatic rings. The molecule has 5 nitrogen and oxygen atoms in total. The molecule has 0 aromatic heterocycles. The van der Waals surface area contributed by atoms with Gasteiger partial charge in [0, 0.05) is 31.3 Å². The highest BCUT2D eigenvalue weighted by Gasteiger charge is 2.23. The number of methoxy groups -OCH3 is 1. The van der Waals surface area contributed by atoms with Gasteiger partial charge < -0.3 is 20.1 Å². The number of rotatable bonds is 5. The summed E-state index contributed by atoms with van der Waals surface area (Å²) in [4.78, 5) is 14.4. The first-order valence-electron chi connectivity index (χ1n) is 6.96. The van der Waals surface area contributed by atoms with Gasteiger partial charge in [0.15, 0.2) is 0 Å². The fraction of sp³-hybridized carbons (Fsp3) is 0.533. The SMILES string of the molecule is CCN(CC1CCOC1)C(=O)c1cc(OC)ccc1N. The molecule has 0 spiro atoms. The summed E-state index contributed by atoms with van der Waals surface area (Å²) in [5.41, 5.74) is 6.91. The Morgan fingerprint density at radius 1 is 1.55 bits per heavy atom. The smallest absolute Gasteiger partial charge is 0.256 e. The highest BCUT2D eigenvalue weighted by molar-refractivity contribution is 5.99. The van der Waals surface area contributed by atoms with E-state index in [2.05, 4.69) is 0 Å². The van der Waals surface area contributed by atoms with Crippen LogP contribution in [0, 0.1) is 5.92 Å². The summed E-state index contributed by atoms with van der Waals surface area (Å²) in [7, 11) is 1.58. The number of carbonyl (C=O) groups excluding carboxylic acids is 1. The van der Waals surface area contributed by atoms with Gasteiger partial charge in [-0.15, -0.1) is 0 Å². The van der Waals surface area contributed by atoms with Crippen LogP contribution in [0.4, 0.5) is 5.69 Å². The lowest BCUT2D eigenvalue weighted by atomic mass is 10.1. The number of amides is 1. The Balaban J connectivity index is 2.14. The third-order valence-corrected chi connectivity index (χ3v) is 3.66. The summed E-state index contributed by atoms with van der Waals surface area (Å²) < 4.78 is 10.5. The monoisotopic (exact) mass is 278 g/mol. The van der Waals surface area contributed by atoms with Gasteiger partial charge in [0.05, 0.1) is 19.3 Å². The van der Waals surface area contributed by atoms with Crippen molar-refractivity contribution < 1.29 is 14.3 Å². The van der Waals surface area contributed by atoms with E-state index in [9.17, 15) is 4.79 Å². The summed E-state index contributed by atoms with van der Waals surface area (Å²) in [5.74, 6) is 1.02. The van der Waals surface area contributed by atoms with Gasteiger partial charge in [-0.2, -0.15) is 0 Å². The summed E-state index contributed by atoms with van der Waals surface area (Å²) in [5, 5.41) is 0. The third kappa shape index (κ3) is 3.22. The van der Waals surface area contributed by atoms with Crippen molar-refractivity contribution in [3.8, 4) is 5.75 Å². The summed E-state index contributed by atoms with van der Waals surface area (Å²) >= 11 is 0. The predicted molar refractivity (Wildman–Crippen MR) is 77.9 cm³/mol. The molecular weight excluding hydrogens is 256 g/mol. The number of ether oxygens (including phenoxy) is 2. The van der Waals surface area contributed by atoms with Crippen molar-refractivity contribution in [3.05, 3.63) is 23.8 Å². The molecule has 1 aliphatic rings. The van der Waals surface area contributed by atoms with E-state index < -0.39 is 0 Å². The molecule has 1 heterocycles. The number of nitrogens with two attached hydrogens (primary N) is 1. The van der Waals surface area contributed by atoms with E-state index in [0.29, 0.717) is 36.0 Å². The topological polar surface area (TPSA) is 64.8 Å². The number of benzene rings is 1. The first-order valence-corrected chi connectivity index (χ1v) is 6.96. The predicted octanol–water partition coefficient (Wildman–Crippen LogP) is 1.78. The van der Waals surface area contributed by atoms with Crippen molar-refractivity contribution in [3.63, 3.8) is 0 Å². The average molecular weight is 278 g/mol. The lowest BCUT2D eigenvalue weighted by Gasteiger charge is -2.24. The molecule has 0 bridgehead atoms. The molecule has 1 fully saturated rings. The molecule has 1 aliphatic heterocycles. The Kier molecular flexibility index (Phi) is 4.84. The van der Waals surface area contributed by atoms with Crippen molar-refractivity contribution in [2.45, 2.75) is 13.3 Å². The minimum Gasteiger partial charge on any atom is -0.497 e. The maximum Gasteiger partial charge on any atom is 0.256 e. The number of hydrogen-bond acceptors (Lipinski definition) is 4. The normalized spacial score (nSPS) is 18.0. The number of nitrogen functional groups attached to an aromatic ring is 1. The van der Waals surface area contributed by atoms with E-state index in [-0.39, 0.29) is 5.91 Å². The summed E-state index contributed by atoms with van der Waals surface area (Å²) in [6, 6.07) is 5.16. The zero-order valence-corrected chi connectivity index (χ0v) is 12.1. The summed E-state index contributed by atoms with van der Waals surface area (Å²) in [6.45, 7) is 4.87. The zero-order valence-electron chi connectivity index (χ0n) is 12.1. The van der Waals surface area contributed by atoms with Crippen LogP contribution in [0.5, 0.6) is 5.75 Å². The van der Waals surface area contributed by atoms with E-state index in [1.165, 1.54) is 0 Å².